The van der Waals surface area contributed by atoms with Crippen molar-refractivity contribution in [1.82, 2.24) is 10.1 Å². The van der Waals surface area contributed by atoms with Gasteiger partial charge in [-0.05, 0) is 23.6 Å². The van der Waals surface area contributed by atoms with E-state index in [1.807, 2.05) is 78.9 Å². The maximum Gasteiger partial charge on any atom is 0.253 e. The molecule has 0 N–H and O–H groups in total. The van der Waals surface area contributed by atoms with Gasteiger partial charge in [0.05, 0.1) is 0 Å². The minimum Gasteiger partial charge on any atom is -0.351 e. The van der Waals surface area contributed by atoms with Crippen LogP contribution in [0.2, 0.25) is 0 Å². The molecule has 1 heterocycles. The average molecular weight is 433 g/mol. The Morgan fingerprint density at radius 3 is 1.64 bits per heavy atom. The summed E-state index contributed by atoms with van der Waals surface area (Å²) in [4.78, 5) is 4.59. The molecular weight excluding hydrogens is 408 g/mol. The molecule has 0 amide bonds. The smallest absolute Gasteiger partial charge is 0.253 e. The number of hydrogen-bond donors (Lipinski definition) is 0. The van der Waals surface area contributed by atoms with Gasteiger partial charge >= 0.3 is 0 Å². The molecule has 0 saturated heterocycles. The summed E-state index contributed by atoms with van der Waals surface area (Å²) in [6, 6.07) is 38.8. The van der Waals surface area contributed by atoms with Crippen LogP contribution in [0.25, 0.3) is 11.4 Å². The van der Waals surface area contributed by atoms with Crippen molar-refractivity contribution in [3.63, 3.8) is 0 Å². The first-order valence-corrected chi connectivity index (χ1v) is 11.0. The second kappa shape index (κ2) is 9.23. The minimum absolute atomic E-state index is 0.164. The van der Waals surface area contributed by atoms with Crippen LogP contribution in [0.3, 0.4) is 0 Å². The third-order valence-electron chi connectivity index (χ3n) is 5.73. The van der Waals surface area contributed by atoms with Crippen molar-refractivity contribution in [2.75, 3.05) is 0 Å². The van der Waals surface area contributed by atoms with Gasteiger partial charge in [0.15, 0.2) is 0 Å². The first-order chi connectivity index (χ1) is 16.3. The van der Waals surface area contributed by atoms with Gasteiger partial charge in [0.1, 0.15) is 12.2 Å². The summed E-state index contributed by atoms with van der Waals surface area (Å²) in [6.45, 7) is 2.22. The first kappa shape index (κ1) is 20.9. The van der Waals surface area contributed by atoms with E-state index < -0.39 is 5.60 Å². The third kappa shape index (κ3) is 4.21. The number of hydrogen-bond acceptors (Lipinski definition) is 4. The van der Waals surface area contributed by atoms with Crippen LogP contribution in [-0.4, -0.2) is 10.1 Å². The van der Waals surface area contributed by atoms with Crippen molar-refractivity contribution in [2.24, 2.45) is 0 Å². The van der Waals surface area contributed by atoms with E-state index >= 15 is 0 Å². The van der Waals surface area contributed by atoms with Crippen molar-refractivity contribution in [3.05, 3.63) is 143 Å². The van der Waals surface area contributed by atoms with Gasteiger partial charge < -0.3 is 9.26 Å². The topological polar surface area (TPSA) is 48.2 Å². The lowest BCUT2D eigenvalue weighted by Crippen LogP contribution is -2.32. The van der Waals surface area contributed by atoms with Gasteiger partial charge in [0.2, 0.25) is 5.82 Å². The van der Waals surface area contributed by atoms with Crippen LogP contribution >= 0.6 is 0 Å². The van der Waals surface area contributed by atoms with Crippen molar-refractivity contribution >= 4 is 0 Å². The number of aromatic nitrogens is 2. The van der Waals surface area contributed by atoms with E-state index in [0.29, 0.717) is 11.7 Å². The molecule has 0 bridgehead atoms. The minimum atomic E-state index is -0.831. The standard InChI is InChI=1S/C29H24N2O2/c1-22-17-19-23(20-18-22)28-30-27(33-31-28)21-32-29(24-11-5-2-6-12-24,25-13-7-3-8-14-25)26-15-9-4-10-16-26/h2-20H,21H2,1H3. The van der Waals surface area contributed by atoms with Crippen molar-refractivity contribution in [1.29, 1.82) is 0 Å². The van der Waals surface area contributed by atoms with Crippen LogP contribution in [0, 0.1) is 6.92 Å². The third-order valence-corrected chi connectivity index (χ3v) is 5.73. The van der Waals surface area contributed by atoms with Gasteiger partial charge in [-0.25, -0.2) is 0 Å². The summed E-state index contributed by atoms with van der Waals surface area (Å²) in [5.41, 5.74) is 4.35. The molecule has 0 unspecified atom stereocenters. The molecule has 0 aliphatic carbocycles. The largest absolute Gasteiger partial charge is 0.351 e. The van der Waals surface area contributed by atoms with Crippen molar-refractivity contribution < 1.29 is 9.26 Å². The van der Waals surface area contributed by atoms with Gasteiger partial charge in [0.25, 0.3) is 5.89 Å². The molecule has 5 rings (SSSR count). The van der Waals surface area contributed by atoms with E-state index in [9.17, 15) is 0 Å². The van der Waals surface area contributed by atoms with Crippen molar-refractivity contribution in [2.45, 2.75) is 19.1 Å². The Bertz CT molecular complexity index is 1200. The summed E-state index contributed by atoms with van der Waals surface area (Å²) in [6.07, 6.45) is 0. The molecule has 0 aliphatic rings. The molecule has 0 fully saturated rings. The van der Waals surface area contributed by atoms with Gasteiger partial charge in [-0.1, -0.05) is 126 Å². The zero-order valence-corrected chi connectivity index (χ0v) is 18.4. The SMILES string of the molecule is Cc1ccc(-c2noc(COC(c3ccccc3)(c3ccccc3)c3ccccc3)n2)cc1. The summed E-state index contributed by atoms with van der Waals surface area (Å²) in [5, 5.41) is 4.17. The lowest BCUT2D eigenvalue weighted by molar-refractivity contribution is -0.0120. The predicted molar refractivity (Wildman–Crippen MR) is 128 cm³/mol. The molecule has 4 heteroatoms. The number of nitrogens with zero attached hydrogens (tertiary/aromatic N) is 2. The average Bonchev–Trinajstić information content (AvgIpc) is 3.36. The second-order valence-electron chi connectivity index (χ2n) is 7.95. The predicted octanol–water partition coefficient (Wildman–Crippen LogP) is 6.55. The molecule has 1 aromatic heterocycles. The van der Waals surface area contributed by atoms with E-state index in [4.69, 9.17) is 9.26 Å². The highest BCUT2D eigenvalue weighted by molar-refractivity contribution is 5.54. The molecular formula is C29H24N2O2. The first-order valence-electron chi connectivity index (χ1n) is 11.0. The van der Waals surface area contributed by atoms with E-state index in [-0.39, 0.29) is 6.61 Å². The maximum atomic E-state index is 6.75. The van der Waals surface area contributed by atoms with Crippen LogP contribution < -0.4 is 0 Å². The van der Waals surface area contributed by atoms with Crippen LogP contribution in [0.5, 0.6) is 0 Å². The number of ether oxygens (including phenoxy) is 1. The molecule has 4 aromatic carbocycles. The van der Waals surface area contributed by atoms with Gasteiger partial charge in [-0.3, -0.25) is 0 Å². The normalized spacial score (nSPS) is 11.4. The molecule has 5 aromatic rings. The summed E-state index contributed by atoms with van der Waals surface area (Å²) >= 11 is 0. The zero-order chi connectivity index (χ0) is 22.5. The summed E-state index contributed by atoms with van der Waals surface area (Å²) < 4.78 is 12.3. The molecule has 4 nitrogen and oxygen atoms in total. The Hall–Kier alpha value is -4.02. The zero-order valence-electron chi connectivity index (χ0n) is 18.4. The quantitative estimate of drug-likeness (QED) is 0.274. The molecule has 0 saturated carbocycles. The van der Waals surface area contributed by atoms with Crippen LogP contribution in [0.4, 0.5) is 0 Å². The fourth-order valence-electron chi connectivity index (χ4n) is 4.07. The van der Waals surface area contributed by atoms with Crippen molar-refractivity contribution in [3.8, 4) is 11.4 Å². The molecule has 33 heavy (non-hydrogen) atoms. The second-order valence-corrected chi connectivity index (χ2v) is 7.95. The molecule has 0 spiro atoms. The number of rotatable bonds is 7. The molecule has 0 aliphatic heterocycles. The number of aryl methyl sites for hydroxylation is 1. The fraction of sp³-hybridized carbons (Fsp3) is 0.103. The Balaban J connectivity index is 1.55. The van der Waals surface area contributed by atoms with Crippen LogP contribution in [-0.2, 0) is 16.9 Å². The highest BCUT2D eigenvalue weighted by Crippen LogP contribution is 2.41. The highest BCUT2D eigenvalue weighted by atomic mass is 16.5. The Kier molecular flexibility index (Phi) is 5.83. The van der Waals surface area contributed by atoms with Crippen LogP contribution in [0.15, 0.2) is 120 Å². The Morgan fingerprint density at radius 2 is 1.15 bits per heavy atom. The lowest BCUT2D eigenvalue weighted by Gasteiger charge is -2.35. The van der Waals surface area contributed by atoms with Crippen LogP contribution in [0.1, 0.15) is 28.1 Å². The highest BCUT2D eigenvalue weighted by Gasteiger charge is 2.38. The molecule has 0 radical (unpaired) electrons. The van der Waals surface area contributed by atoms with E-state index in [1.54, 1.807) is 0 Å². The Morgan fingerprint density at radius 1 is 0.667 bits per heavy atom. The van der Waals surface area contributed by atoms with Gasteiger partial charge in [-0.15, -0.1) is 0 Å². The maximum absolute atomic E-state index is 6.75. The molecule has 162 valence electrons. The monoisotopic (exact) mass is 432 g/mol. The molecule has 0 atom stereocenters. The van der Waals surface area contributed by atoms with Gasteiger partial charge in [0, 0.05) is 5.56 Å². The Labute approximate surface area is 193 Å². The van der Waals surface area contributed by atoms with E-state index in [2.05, 4.69) is 53.5 Å². The summed E-state index contributed by atoms with van der Waals surface area (Å²) in [5.74, 6) is 0.982. The summed E-state index contributed by atoms with van der Waals surface area (Å²) in [7, 11) is 0. The lowest BCUT2D eigenvalue weighted by atomic mass is 9.80. The van der Waals surface area contributed by atoms with E-state index in [0.717, 1.165) is 22.3 Å². The van der Waals surface area contributed by atoms with E-state index in [1.165, 1.54) is 5.56 Å². The number of benzene rings is 4. The fourth-order valence-corrected chi connectivity index (χ4v) is 4.07. The van der Waals surface area contributed by atoms with Gasteiger partial charge in [-0.2, -0.15) is 4.98 Å².